The highest BCUT2D eigenvalue weighted by Crippen LogP contribution is 2.19. The number of carbonyl (C=O) groups is 1. The van der Waals surface area contributed by atoms with E-state index in [9.17, 15) is 4.79 Å². The largest absolute Gasteiger partial charge is 0.497 e. The quantitative estimate of drug-likeness (QED) is 0.857. The molecule has 2 rings (SSSR count). The third-order valence-electron chi connectivity index (χ3n) is 4.06. The molecular weight excluding hydrogens is 266 g/mol. The first kappa shape index (κ1) is 15.6. The van der Waals surface area contributed by atoms with E-state index in [2.05, 4.69) is 18.7 Å². The first-order valence-electron chi connectivity index (χ1n) is 7.43. The number of anilines is 1. The average molecular weight is 291 g/mol. The van der Waals surface area contributed by atoms with Gasteiger partial charge in [0.05, 0.1) is 7.11 Å². The van der Waals surface area contributed by atoms with Gasteiger partial charge in [-0.3, -0.25) is 9.80 Å². The number of hydrogen-bond acceptors (Lipinski definition) is 3. The van der Waals surface area contributed by atoms with Crippen molar-refractivity contribution in [1.29, 1.82) is 0 Å². The van der Waals surface area contributed by atoms with Crippen LogP contribution in [0.2, 0.25) is 0 Å². The molecule has 1 saturated heterocycles. The van der Waals surface area contributed by atoms with Crippen LogP contribution in [0.25, 0.3) is 0 Å². The summed E-state index contributed by atoms with van der Waals surface area (Å²) in [5.41, 5.74) is 0.882. The minimum atomic E-state index is 0.0589. The van der Waals surface area contributed by atoms with E-state index >= 15 is 0 Å². The number of piperazine rings is 1. The van der Waals surface area contributed by atoms with Crippen LogP contribution in [0, 0.1) is 0 Å². The van der Waals surface area contributed by atoms with Gasteiger partial charge in [0.2, 0.25) is 0 Å². The Morgan fingerprint density at radius 3 is 2.19 bits per heavy atom. The van der Waals surface area contributed by atoms with Crippen LogP contribution < -0.4 is 9.64 Å². The van der Waals surface area contributed by atoms with Crippen molar-refractivity contribution in [2.24, 2.45) is 0 Å². The van der Waals surface area contributed by atoms with Crippen LogP contribution in [0.5, 0.6) is 5.75 Å². The van der Waals surface area contributed by atoms with Crippen LogP contribution in [0.15, 0.2) is 24.3 Å². The molecule has 5 nitrogen and oxygen atoms in total. The molecule has 1 aromatic carbocycles. The van der Waals surface area contributed by atoms with Gasteiger partial charge < -0.3 is 9.64 Å². The SMILES string of the molecule is COc1ccc(N(C)C(=O)N2CCN(C(C)C)CC2)cc1. The van der Waals surface area contributed by atoms with Gasteiger partial charge in [0.1, 0.15) is 5.75 Å². The topological polar surface area (TPSA) is 36.0 Å². The summed E-state index contributed by atoms with van der Waals surface area (Å²) in [5, 5.41) is 0. The number of carbonyl (C=O) groups excluding carboxylic acids is 1. The Morgan fingerprint density at radius 2 is 1.71 bits per heavy atom. The van der Waals surface area contributed by atoms with E-state index in [0.29, 0.717) is 6.04 Å². The molecule has 21 heavy (non-hydrogen) atoms. The second-order valence-electron chi connectivity index (χ2n) is 5.66. The molecule has 0 atom stereocenters. The maximum Gasteiger partial charge on any atom is 0.324 e. The first-order valence-corrected chi connectivity index (χ1v) is 7.43. The standard InChI is InChI=1S/C16H25N3O2/c1-13(2)18-9-11-19(12-10-18)16(20)17(3)14-5-7-15(21-4)8-6-14/h5-8,13H,9-12H2,1-4H3. The monoisotopic (exact) mass is 291 g/mol. The van der Waals surface area contributed by atoms with E-state index in [4.69, 9.17) is 4.74 Å². The lowest BCUT2D eigenvalue weighted by molar-refractivity contribution is 0.123. The number of hydrogen-bond donors (Lipinski definition) is 0. The van der Waals surface area contributed by atoms with Crippen LogP contribution >= 0.6 is 0 Å². The van der Waals surface area contributed by atoms with E-state index < -0.39 is 0 Å². The molecule has 2 amide bonds. The molecule has 0 aliphatic carbocycles. The number of nitrogens with zero attached hydrogens (tertiary/aromatic N) is 3. The van der Waals surface area contributed by atoms with E-state index in [1.807, 2.05) is 36.2 Å². The second kappa shape index (κ2) is 6.80. The first-order chi connectivity index (χ1) is 10.0. The molecule has 1 fully saturated rings. The highest BCUT2D eigenvalue weighted by molar-refractivity contribution is 5.91. The number of amides is 2. The Morgan fingerprint density at radius 1 is 1.14 bits per heavy atom. The van der Waals surface area contributed by atoms with Crippen molar-refractivity contribution in [3.63, 3.8) is 0 Å². The number of urea groups is 1. The molecular formula is C16H25N3O2. The van der Waals surface area contributed by atoms with Crippen molar-refractivity contribution in [1.82, 2.24) is 9.80 Å². The van der Waals surface area contributed by atoms with Gasteiger partial charge in [-0.1, -0.05) is 0 Å². The summed E-state index contributed by atoms with van der Waals surface area (Å²) < 4.78 is 5.14. The smallest absolute Gasteiger partial charge is 0.324 e. The zero-order valence-corrected chi connectivity index (χ0v) is 13.4. The molecule has 0 bridgehead atoms. The number of methoxy groups -OCH3 is 1. The summed E-state index contributed by atoms with van der Waals surface area (Å²) in [6, 6.07) is 8.15. The number of benzene rings is 1. The van der Waals surface area contributed by atoms with Gasteiger partial charge in [-0.2, -0.15) is 0 Å². The fraction of sp³-hybridized carbons (Fsp3) is 0.562. The van der Waals surface area contributed by atoms with Crippen LogP contribution in [0.3, 0.4) is 0 Å². The molecule has 1 heterocycles. The molecule has 116 valence electrons. The number of rotatable bonds is 3. The highest BCUT2D eigenvalue weighted by Gasteiger charge is 2.25. The molecule has 0 aromatic heterocycles. The van der Waals surface area contributed by atoms with E-state index in [0.717, 1.165) is 37.6 Å². The fourth-order valence-electron chi connectivity index (χ4n) is 2.56. The van der Waals surface area contributed by atoms with E-state index in [-0.39, 0.29) is 6.03 Å². The minimum Gasteiger partial charge on any atom is -0.497 e. The zero-order chi connectivity index (χ0) is 15.4. The molecule has 0 unspecified atom stereocenters. The summed E-state index contributed by atoms with van der Waals surface area (Å²) in [4.78, 5) is 18.6. The van der Waals surface area contributed by atoms with Crippen molar-refractivity contribution in [2.45, 2.75) is 19.9 Å². The lowest BCUT2D eigenvalue weighted by atomic mass is 10.2. The maximum atomic E-state index is 12.5. The second-order valence-corrected chi connectivity index (χ2v) is 5.66. The summed E-state index contributed by atoms with van der Waals surface area (Å²) in [5.74, 6) is 0.796. The molecule has 5 heteroatoms. The van der Waals surface area contributed by atoms with Crippen LogP contribution in [-0.2, 0) is 0 Å². The third kappa shape index (κ3) is 3.67. The average Bonchev–Trinajstić information content (AvgIpc) is 2.53. The molecule has 1 aliphatic rings. The Labute approximate surface area is 127 Å². The van der Waals surface area contributed by atoms with Gasteiger partial charge in [-0.25, -0.2) is 4.79 Å². The third-order valence-corrected chi connectivity index (χ3v) is 4.06. The molecule has 0 saturated carbocycles. The van der Waals surface area contributed by atoms with Gasteiger partial charge in [0, 0.05) is 45.0 Å². The summed E-state index contributed by atoms with van der Waals surface area (Å²) in [7, 11) is 3.46. The Hall–Kier alpha value is -1.75. The summed E-state index contributed by atoms with van der Waals surface area (Å²) >= 11 is 0. The predicted octanol–water partition coefficient (Wildman–Crippen LogP) is 2.28. The van der Waals surface area contributed by atoms with Crippen LogP contribution in [-0.4, -0.2) is 62.2 Å². The zero-order valence-electron chi connectivity index (χ0n) is 13.4. The van der Waals surface area contributed by atoms with Crippen molar-refractivity contribution in [3.05, 3.63) is 24.3 Å². The van der Waals surface area contributed by atoms with Crippen molar-refractivity contribution >= 4 is 11.7 Å². The van der Waals surface area contributed by atoms with Crippen LogP contribution in [0.4, 0.5) is 10.5 Å². The van der Waals surface area contributed by atoms with Crippen LogP contribution in [0.1, 0.15) is 13.8 Å². The molecule has 1 aromatic rings. The van der Waals surface area contributed by atoms with Gasteiger partial charge in [-0.15, -0.1) is 0 Å². The lowest BCUT2D eigenvalue weighted by Gasteiger charge is -2.38. The molecule has 1 aliphatic heterocycles. The molecule has 0 radical (unpaired) electrons. The van der Waals surface area contributed by atoms with Gasteiger partial charge in [0.15, 0.2) is 0 Å². The Kier molecular flexibility index (Phi) is 5.07. The molecule has 0 N–H and O–H groups in total. The lowest BCUT2D eigenvalue weighted by Crippen LogP contribution is -2.53. The summed E-state index contributed by atoms with van der Waals surface area (Å²) in [6.45, 7) is 7.86. The van der Waals surface area contributed by atoms with Crippen molar-refractivity contribution in [3.8, 4) is 5.75 Å². The van der Waals surface area contributed by atoms with E-state index in [1.54, 1.807) is 12.0 Å². The van der Waals surface area contributed by atoms with Gasteiger partial charge in [-0.05, 0) is 38.1 Å². The molecule has 0 spiro atoms. The number of ether oxygens (including phenoxy) is 1. The van der Waals surface area contributed by atoms with Gasteiger partial charge >= 0.3 is 6.03 Å². The minimum absolute atomic E-state index is 0.0589. The normalized spacial score (nSPS) is 16.1. The van der Waals surface area contributed by atoms with Gasteiger partial charge in [0.25, 0.3) is 0 Å². The Balaban J connectivity index is 1.96. The maximum absolute atomic E-state index is 12.5. The highest BCUT2D eigenvalue weighted by atomic mass is 16.5. The Bertz CT molecular complexity index is 465. The fourth-order valence-corrected chi connectivity index (χ4v) is 2.56. The van der Waals surface area contributed by atoms with Crippen molar-refractivity contribution < 1.29 is 9.53 Å². The summed E-state index contributed by atoms with van der Waals surface area (Å²) in [6.07, 6.45) is 0. The predicted molar refractivity (Wildman–Crippen MR) is 85.1 cm³/mol. The van der Waals surface area contributed by atoms with Crippen molar-refractivity contribution in [2.75, 3.05) is 45.2 Å². The van der Waals surface area contributed by atoms with E-state index in [1.165, 1.54) is 0 Å².